The number of aryl methyl sites for hydroxylation is 2. The SMILES string of the molecule is Cc1cc2oc(=O)cc(CNC[C@@H](c3c(F)cccc3Cl)N(C)C)c2cc1C. The molecule has 0 aliphatic carbocycles. The molecule has 1 N–H and O–H groups in total. The number of halogens is 2. The molecule has 1 heterocycles. The van der Waals surface area contributed by atoms with E-state index in [1.165, 1.54) is 12.1 Å². The van der Waals surface area contributed by atoms with Gasteiger partial charge in [-0.25, -0.2) is 9.18 Å². The monoisotopic (exact) mass is 402 g/mol. The number of hydrogen-bond acceptors (Lipinski definition) is 4. The minimum Gasteiger partial charge on any atom is -0.423 e. The Kier molecular flexibility index (Phi) is 6.18. The molecule has 4 nitrogen and oxygen atoms in total. The van der Waals surface area contributed by atoms with Gasteiger partial charge in [0.25, 0.3) is 0 Å². The molecule has 0 fully saturated rings. The van der Waals surface area contributed by atoms with Gasteiger partial charge in [-0.15, -0.1) is 0 Å². The molecule has 3 rings (SSSR count). The van der Waals surface area contributed by atoms with Crippen LogP contribution < -0.4 is 10.9 Å². The van der Waals surface area contributed by atoms with Gasteiger partial charge in [0.05, 0.1) is 6.04 Å². The topological polar surface area (TPSA) is 45.5 Å². The van der Waals surface area contributed by atoms with Crippen LogP contribution in [0.2, 0.25) is 5.02 Å². The smallest absolute Gasteiger partial charge is 0.336 e. The minimum absolute atomic E-state index is 0.246. The predicted molar refractivity (Wildman–Crippen MR) is 112 cm³/mol. The lowest BCUT2D eigenvalue weighted by molar-refractivity contribution is 0.281. The zero-order chi connectivity index (χ0) is 20.4. The molecule has 0 aliphatic heterocycles. The van der Waals surface area contributed by atoms with Crippen molar-refractivity contribution in [3.63, 3.8) is 0 Å². The van der Waals surface area contributed by atoms with Crippen LogP contribution in [0.3, 0.4) is 0 Å². The van der Waals surface area contributed by atoms with Crippen LogP contribution in [0.25, 0.3) is 11.0 Å². The van der Waals surface area contributed by atoms with Gasteiger partial charge in [0, 0.05) is 35.1 Å². The summed E-state index contributed by atoms with van der Waals surface area (Å²) in [4.78, 5) is 13.9. The normalized spacial score (nSPS) is 12.7. The van der Waals surface area contributed by atoms with Crippen molar-refractivity contribution in [2.75, 3.05) is 20.6 Å². The third-order valence-electron chi connectivity index (χ3n) is 5.05. The molecule has 1 atom stereocenters. The zero-order valence-corrected chi connectivity index (χ0v) is 17.2. The van der Waals surface area contributed by atoms with Crippen molar-refractivity contribution in [1.82, 2.24) is 10.2 Å². The summed E-state index contributed by atoms with van der Waals surface area (Å²) in [6.07, 6.45) is 0. The molecule has 0 spiro atoms. The first-order valence-corrected chi connectivity index (χ1v) is 9.50. The second-order valence-corrected chi connectivity index (χ2v) is 7.68. The summed E-state index contributed by atoms with van der Waals surface area (Å²) in [5.41, 5.74) is 3.72. The third-order valence-corrected chi connectivity index (χ3v) is 5.38. The van der Waals surface area contributed by atoms with Crippen LogP contribution in [0, 0.1) is 19.7 Å². The Morgan fingerprint density at radius 2 is 1.89 bits per heavy atom. The van der Waals surface area contributed by atoms with E-state index >= 15 is 0 Å². The maximum absolute atomic E-state index is 14.4. The molecule has 28 heavy (non-hydrogen) atoms. The lowest BCUT2D eigenvalue weighted by Crippen LogP contribution is -2.32. The standard InChI is InChI=1S/C22H24ClFN2O2/c1-13-8-16-15(10-21(27)28-20(16)9-14(13)2)11-25-12-19(26(3)4)22-17(23)6-5-7-18(22)24/h5-10,19,25H,11-12H2,1-4H3/t19-/m0/s1. The fourth-order valence-corrected chi connectivity index (χ4v) is 3.63. The van der Waals surface area contributed by atoms with Crippen molar-refractivity contribution < 1.29 is 8.81 Å². The summed E-state index contributed by atoms with van der Waals surface area (Å²) in [5, 5.41) is 4.65. The van der Waals surface area contributed by atoms with Crippen LogP contribution in [0.4, 0.5) is 4.39 Å². The van der Waals surface area contributed by atoms with Crippen molar-refractivity contribution in [3.8, 4) is 0 Å². The van der Waals surface area contributed by atoms with E-state index in [1.54, 1.807) is 12.1 Å². The van der Waals surface area contributed by atoms with E-state index in [0.29, 0.717) is 29.3 Å². The maximum atomic E-state index is 14.4. The third kappa shape index (κ3) is 4.27. The van der Waals surface area contributed by atoms with Crippen molar-refractivity contribution in [1.29, 1.82) is 0 Å². The van der Waals surface area contributed by atoms with Gasteiger partial charge in [-0.1, -0.05) is 17.7 Å². The van der Waals surface area contributed by atoms with Crippen LogP contribution in [-0.2, 0) is 6.54 Å². The molecule has 1 aromatic heterocycles. The van der Waals surface area contributed by atoms with E-state index in [4.69, 9.17) is 16.0 Å². The van der Waals surface area contributed by atoms with Crippen LogP contribution in [0.5, 0.6) is 0 Å². The van der Waals surface area contributed by atoms with Crippen molar-refractivity contribution in [3.05, 3.63) is 79.9 Å². The summed E-state index contributed by atoms with van der Waals surface area (Å²) < 4.78 is 19.7. The van der Waals surface area contributed by atoms with E-state index < -0.39 is 0 Å². The van der Waals surface area contributed by atoms with Crippen molar-refractivity contribution in [2.24, 2.45) is 0 Å². The quantitative estimate of drug-likeness (QED) is 0.612. The number of nitrogens with zero attached hydrogens (tertiary/aromatic N) is 1. The van der Waals surface area contributed by atoms with E-state index in [-0.39, 0.29) is 17.5 Å². The number of hydrogen-bond donors (Lipinski definition) is 1. The maximum Gasteiger partial charge on any atom is 0.336 e. The fourth-order valence-electron chi connectivity index (χ4n) is 3.34. The average molecular weight is 403 g/mol. The van der Waals surface area contributed by atoms with E-state index in [2.05, 4.69) is 5.32 Å². The van der Waals surface area contributed by atoms with Gasteiger partial charge in [0.2, 0.25) is 0 Å². The van der Waals surface area contributed by atoms with Gasteiger partial charge in [-0.2, -0.15) is 0 Å². The molecule has 0 unspecified atom stereocenters. The first kappa shape index (κ1) is 20.5. The minimum atomic E-state index is -0.381. The van der Waals surface area contributed by atoms with Crippen molar-refractivity contribution in [2.45, 2.75) is 26.4 Å². The summed E-state index contributed by atoms with van der Waals surface area (Å²) in [6.45, 7) is 4.94. The predicted octanol–water partition coefficient (Wildman–Crippen LogP) is 4.59. The van der Waals surface area contributed by atoms with Gasteiger partial charge in [0.1, 0.15) is 11.4 Å². The van der Waals surface area contributed by atoms with Gasteiger partial charge < -0.3 is 14.6 Å². The summed E-state index contributed by atoms with van der Waals surface area (Å²) in [5.74, 6) is -0.329. The second-order valence-electron chi connectivity index (χ2n) is 7.27. The molecular formula is C22H24ClFN2O2. The molecule has 0 aliphatic rings. The lowest BCUT2D eigenvalue weighted by Gasteiger charge is -2.26. The first-order chi connectivity index (χ1) is 13.3. The highest BCUT2D eigenvalue weighted by Gasteiger charge is 2.21. The summed E-state index contributed by atoms with van der Waals surface area (Å²) in [6, 6.07) is 9.88. The van der Waals surface area contributed by atoms with Crippen LogP contribution in [0.15, 0.2) is 45.6 Å². The Hall–Kier alpha value is -2.21. The molecule has 0 saturated heterocycles. The zero-order valence-electron chi connectivity index (χ0n) is 16.5. The second kappa shape index (κ2) is 8.43. The number of fused-ring (bicyclic) bond motifs is 1. The fraction of sp³-hybridized carbons (Fsp3) is 0.318. The molecule has 2 aromatic carbocycles. The number of nitrogens with one attached hydrogen (secondary N) is 1. The molecular weight excluding hydrogens is 379 g/mol. The first-order valence-electron chi connectivity index (χ1n) is 9.13. The lowest BCUT2D eigenvalue weighted by atomic mass is 10.0. The average Bonchev–Trinajstić information content (AvgIpc) is 2.61. The van der Waals surface area contributed by atoms with E-state index in [1.807, 2.05) is 45.0 Å². The summed E-state index contributed by atoms with van der Waals surface area (Å²) >= 11 is 6.25. The molecule has 148 valence electrons. The van der Waals surface area contributed by atoms with Crippen LogP contribution in [-0.4, -0.2) is 25.5 Å². The van der Waals surface area contributed by atoms with Crippen LogP contribution in [0.1, 0.15) is 28.3 Å². The summed E-state index contributed by atoms with van der Waals surface area (Å²) in [7, 11) is 3.77. The molecule has 3 aromatic rings. The van der Waals surface area contributed by atoms with E-state index in [0.717, 1.165) is 22.1 Å². The molecule has 0 saturated carbocycles. The number of rotatable bonds is 6. The Labute approximate surface area is 168 Å². The van der Waals surface area contributed by atoms with Gasteiger partial charge in [0.15, 0.2) is 0 Å². The largest absolute Gasteiger partial charge is 0.423 e. The Balaban J connectivity index is 1.85. The van der Waals surface area contributed by atoms with Gasteiger partial charge in [-0.05, 0) is 68.9 Å². The Morgan fingerprint density at radius 1 is 1.18 bits per heavy atom. The highest BCUT2D eigenvalue weighted by atomic mass is 35.5. The number of likely N-dealkylation sites (N-methyl/N-ethyl adjacent to an activating group) is 1. The number of benzene rings is 2. The molecule has 0 amide bonds. The van der Waals surface area contributed by atoms with Crippen LogP contribution >= 0.6 is 11.6 Å². The van der Waals surface area contributed by atoms with Crippen molar-refractivity contribution >= 4 is 22.6 Å². The van der Waals surface area contributed by atoms with Gasteiger partial charge >= 0.3 is 5.63 Å². The van der Waals surface area contributed by atoms with Gasteiger partial charge in [-0.3, -0.25) is 0 Å². The molecule has 0 radical (unpaired) electrons. The molecule has 0 bridgehead atoms. The highest BCUT2D eigenvalue weighted by molar-refractivity contribution is 6.31. The molecule has 6 heteroatoms. The Bertz CT molecular complexity index is 1040. The highest BCUT2D eigenvalue weighted by Crippen LogP contribution is 2.28. The van der Waals surface area contributed by atoms with E-state index in [9.17, 15) is 9.18 Å². The Morgan fingerprint density at radius 3 is 2.57 bits per heavy atom.